The highest BCUT2D eigenvalue weighted by molar-refractivity contribution is 5.45. The van der Waals surface area contributed by atoms with Crippen LogP contribution in [0.5, 0.6) is 11.5 Å². The van der Waals surface area contributed by atoms with Crippen molar-refractivity contribution in [3.8, 4) is 23.8 Å². The molecule has 2 unspecified atom stereocenters. The second-order valence-corrected chi connectivity index (χ2v) is 4.82. The second kappa shape index (κ2) is 6.83. The molecule has 21 heavy (non-hydrogen) atoms. The van der Waals surface area contributed by atoms with Gasteiger partial charge in [-0.1, -0.05) is 36.3 Å². The first-order valence-electron chi connectivity index (χ1n) is 6.79. The molecule has 0 amide bonds. The summed E-state index contributed by atoms with van der Waals surface area (Å²) in [7, 11) is 1.57. The van der Waals surface area contributed by atoms with Gasteiger partial charge in [-0.15, -0.1) is 6.42 Å². The zero-order valence-electron chi connectivity index (χ0n) is 12.2. The van der Waals surface area contributed by atoms with Gasteiger partial charge in [0.05, 0.1) is 19.2 Å². The lowest BCUT2D eigenvalue weighted by Crippen LogP contribution is -2.30. The van der Waals surface area contributed by atoms with E-state index in [9.17, 15) is 5.11 Å². The molecule has 3 heteroatoms. The van der Waals surface area contributed by atoms with Gasteiger partial charge >= 0.3 is 0 Å². The summed E-state index contributed by atoms with van der Waals surface area (Å²) in [5, 5.41) is 13.6. The number of aromatic hydroxyl groups is 1. The van der Waals surface area contributed by atoms with Crippen LogP contribution in [0.2, 0.25) is 0 Å². The van der Waals surface area contributed by atoms with Gasteiger partial charge in [0, 0.05) is 11.6 Å². The van der Waals surface area contributed by atoms with E-state index in [0.717, 1.165) is 11.1 Å². The Balaban J connectivity index is 2.42. The molecular weight excluding hydrogens is 262 g/mol. The van der Waals surface area contributed by atoms with E-state index in [2.05, 4.69) is 11.2 Å². The standard InChI is InChI=1S/C18H19NO2/c1-4-13(2)19-18(14-8-6-5-7-9-14)16-11-10-15(21-3)12-17(16)20/h1,5-13,18-20H,2-3H3. The van der Waals surface area contributed by atoms with Gasteiger partial charge < -0.3 is 9.84 Å². The van der Waals surface area contributed by atoms with E-state index in [1.54, 1.807) is 13.2 Å². The molecular formula is C18H19NO2. The number of phenolic OH excluding ortho intramolecular Hbond substituents is 1. The van der Waals surface area contributed by atoms with E-state index in [1.807, 2.05) is 49.4 Å². The molecule has 2 aromatic carbocycles. The number of hydrogen-bond acceptors (Lipinski definition) is 3. The Labute approximate surface area is 125 Å². The van der Waals surface area contributed by atoms with E-state index in [-0.39, 0.29) is 17.8 Å². The molecule has 0 bridgehead atoms. The summed E-state index contributed by atoms with van der Waals surface area (Å²) in [6, 6.07) is 14.9. The summed E-state index contributed by atoms with van der Waals surface area (Å²) in [5.74, 6) is 3.46. The molecule has 108 valence electrons. The normalized spacial score (nSPS) is 13.2. The van der Waals surface area contributed by atoms with Crippen LogP contribution >= 0.6 is 0 Å². The maximum Gasteiger partial charge on any atom is 0.124 e. The van der Waals surface area contributed by atoms with Gasteiger partial charge in [-0.2, -0.15) is 0 Å². The minimum absolute atomic E-state index is 0.114. The van der Waals surface area contributed by atoms with E-state index < -0.39 is 0 Å². The largest absolute Gasteiger partial charge is 0.507 e. The number of rotatable bonds is 5. The van der Waals surface area contributed by atoms with Gasteiger partial charge in [-0.25, -0.2) is 0 Å². The third-order valence-corrected chi connectivity index (χ3v) is 3.35. The monoisotopic (exact) mass is 281 g/mol. The fraction of sp³-hybridized carbons (Fsp3) is 0.222. The van der Waals surface area contributed by atoms with Crippen molar-refractivity contribution in [2.75, 3.05) is 7.11 Å². The van der Waals surface area contributed by atoms with Gasteiger partial charge in [0.2, 0.25) is 0 Å². The van der Waals surface area contributed by atoms with Gasteiger partial charge in [-0.3, -0.25) is 5.32 Å². The second-order valence-electron chi connectivity index (χ2n) is 4.82. The van der Waals surface area contributed by atoms with Crippen LogP contribution in [-0.4, -0.2) is 18.3 Å². The van der Waals surface area contributed by atoms with Crippen molar-refractivity contribution in [1.29, 1.82) is 0 Å². The molecule has 0 spiro atoms. The molecule has 2 N–H and O–H groups in total. The smallest absolute Gasteiger partial charge is 0.124 e. The molecule has 0 aliphatic rings. The molecule has 0 saturated carbocycles. The lowest BCUT2D eigenvalue weighted by Gasteiger charge is -2.23. The Morgan fingerprint density at radius 2 is 1.90 bits per heavy atom. The topological polar surface area (TPSA) is 41.5 Å². The zero-order chi connectivity index (χ0) is 15.2. The number of hydrogen-bond donors (Lipinski definition) is 2. The minimum Gasteiger partial charge on any atom is -0.507 e. The molecule has 3 nitrogen and oxygen atoms in total. The summed E-state index contributed by atoms with van der Waals surface area (Å²) in [6.45, 7) is 1.91. The number of ether oxygens (including phenoxy) is 1. The Bertz CT molecular complexity index is 631. The van der Waals surface area contributed by atoms with Gasteiger partial charge in [0.1, 0.15) is 11.5 Å². The van der Waals surface area contributed by atoms with Crippen molar-refractivity contribution in [3.05, 3.63) is 59.7 Å². The fourth-order valence-corrected chi connectivity index (χ4v) is 2.20. The Kier molecular flexibility index (Phi) is 4.86. The number of methoxy groups -OCH3 is 1. The minimum atomic E-state index is -0.178. The van der Waals surface area contributed by atoms with Crippen LogP contribution in [0.15, 0.2) is 48.5 Å². The number of nitrogens with one attached hydrogen (secondary N) is 1. The first-order chi connectivity index (χ1) is 10.2. The highest BCUT2D eigenvalue weighted by atomic mass is 16.5. The highest BCUT2D eigenvalue weighted by Gasteiger charge is 2.19. The lowest BCUT2D eigenvalue weighted by atomic mass is 9.97. The molecule has 2 atom stereocenters. The maximum absolute atomic E-state index is 10.3. The summed E-state index contributed by atoms with van der Waals surface area (Å²) in [6.07, 6.45) is 5.47. The van der Waals surface area contributed by atoms with Crippen molar-refractivity contribution in [2.45, 2.75) is 19.0 Å². The SMILES string of the molecule is C#CC(C)NC(c1ccccc1)c1ccc(OC)cc1O. The van der Waals surface area contributed by atoms with Crippen LogP contribution in [0.1, 0.15) is 24.1 Å². The van der Waals surface area contributed by atoms with Crippen molar-refractivity contribution in [1.82, 2.24) is 5.32 Å². The Morgan fingerprint density at radius 3 is 2.48 bits per heavy atom. The third-order valence-electron chi connectivity index (χ3n) is 3.35. The zero-order valence-corrected chi connectivity index (χ0v) is 12.2. The van der Waals surface area contributed by atoms with Crippen LogP contribution in [-0.2, 0) is 0 Å². The Hall–Kier alpha value is -2.44. The summed E-state index contributed by atoms with van der Waals surface area (Å²) in [4.78, 5) is 0. The molecule has 0 aliphatic heterocycles. The summed E-state index contributed by atoms with van der Waals surface area (Å²) < 4.78 is 5.12. The highest BCUT2D eigenvalue weighted by Crippen LogP contribution is 2.32. The average molecular weight is 281 g/mol. The van der Waals surface area contributed by atoms with Crippen LogP contribution in [0.3, 0.4) is 0 Å². The van der Waals surface area contributed by atoms with Gasteiger partial charge in [0.15, 0.2) is 0 Å². The van der Waals surface area contributed by atoms with Crippen LogP contribution in [0.4, 0.5) is 0 Å². The van der Waals surface area contributed by atoms with Crippen molar-refractivity contribution in [2.24, 2.45) is 0 Å². The van der Waals surface area contributed by atoms with Crippen LogP contribution < -0.4 is 10.1 Å². The lowest BCUT2D eigenvalue weighted by molar-refractivity contribution is 0.404. The molecule has 0 saturated heterocycles. The molecule has 0 aliphatic carbocycles. The van der Waals surface area contributed by atoms with E-state index in [4.69, 9.17) is 11.2 Å². The third kappa shape index (κ3) is 3.56. The molecule has 2 aromatic rings. The van der Waals surface area contributed by atoms with E-state index in [1.165, 1.54) is 0 Å². The molecule has 0 fully saturated rings. The average Bonchev–Trinajstić information content (AvgIpc) is 2.53. The number of phenols is 1. The predicted octanol–water partition coefficient (Wildman–Crippen LogP) is 3.10. The van der Waals surface area contributed by atoms with Crippen molar-refractivity contribution < 1.29 is 9.84 Å². The maximum atomic E-state index is 10.3. The molecule has 0 radical (unpaired) electrons. The quantitative estimate of drug-likeness (QED) is 0.827. The predicted molar refractivity (Wildman–Crippen MR) is 84.4 cm³/mol. The van der Waals surface area contributed by atoms with E-state index in [0.29, 0.717) is 5.75 Å². The van der Waals surface area contributed by atoms with E-state index >= 15 is 0 Å². The number of terminal acetylenes is 1. The van der Waals surface area contributed by atoms with Crippen molar-refractivity contribution >= 4 is 0 Å². The van der Waals surface area contributed by atoms with Crippen LogP contribution in [0, 0.1) is 12.3 Å². The van der Waals surface area contributed by atoms with Crippen molar-refractivity contribution in [3.63, 3.8) is 0 Å². The first-order valence-corrected chi connectivity index (χ1v) is 6.79. The van der Waals surface area contributed by atoms with Gasteiger partial charge in [-0.05, 0) is 24.6 Å². The first kappa shape index (κ1) is 15.0. The Morgan fingerprint density at radius 1 is 1.19 bits per heavy atom. The summed E-state index contributed by atoms with van der Waals surface area (Å²) >= 11 is 0. The van der Waals surface area contributed by atoms with Gasteiger partial charge in [0.25, 0.3) is 0 Å². The summed E-state index contributed by atoms with van der Waals surface area (Å²) in [5.41, 5.74) is 1.81. The molecule has 2 rings (SSSR count). The van der Waals surface area contributed by atoms with Crippen LogP contribution in [0.25, 0.3) is 0 Å². The molecule has 0 heterocycles. The molecule has 0 aromatic heterocycles. The fourth-order valence-electron chi connectivity index (χ4n) is 2.20. The number of benzene rings is 2.